The number of pyridine rings is 1. The molecule has 8 heteroatoms. The van der Waals surface area contributed by atoms with Gasteiger partial charge in [-0.1, -0.05) is 0 Å². The minimum Gasteiger partial charge on any atom is -0.392 e. The molecule has 2 N–H and O–H groups in total. The zero-order valence-electron chi connectivity index (χ0n) is 9.00. The Hall–Kier alpha value is -1.51. The first-order valence-electron chi connectivity index (χ1n) is 4.83. The van der Waals surface area contributed by atoms with E-state index in [1.807, 2.05) is 0 Å². The largest absolute Gasteiger partial charge is 0.392 e. The maximum atomic E-state index is 13.3. The van der Waals surface area contributed by atoms with Crippen LogP contribution in [-0.2, 0) is 16.6 Å². The summed E-state index contributed by atoms with van der Waals surface area (Å²) in [5.74, 6) is -0.750. The number of anilines is 1. The molecule has 0 fully saturated rings. The summed E-state index contributed by atoms with van der Waals surface area (Å²) >= 11 is 0.958. The lowest BCUT2D eigenvalue weighted by Crippen LogP contribution is -2.12. The maximum Gasteiger partial charge on any atom is 0.271 e. The smallest absolute Gasteiger partial charge is 0.271 e. The first kappa shape index (κ1) is 12.9. The van der Waals surface area contributed by atoms with Gasteiger partial charge in [0.25, 0.3) is 10.0 Å². The number of nitrogens with one attached hydrogen (secondary N) is 1. The third-order valence-corrected chi connectivity index (χ3v) is 4.95. The van der Waals surface area contributed by atoms with Crippen LogP contribution in [0.5, 0.6) is 0 Å². The number of hydrogen-bond donors (Lipinski definition) is 2. The van der Waals surface area contributed by atoms with Crippen molar-refractivity contribution in [2.45, 2.75) is 10.8 Å². The monoisotopic (exact) mass is 288 g/mol. The van der Waals surface area contributed by atoms with Crippen molar-refractivity contribution in [3.8, 4) is 0 Å². The van der Waals surface area contributed by atoms with Crippen LogP contribution in [0, 0.1) is 5.82 Å². The number of rotatable bonds is 4. The molecule has 0 unspecified atom stereocenters. The lowest BCUT2D eigenvalue weighted by atomic mass is 10.4. The summed E-state index contributed by atoms with van der Waals surface area (Å²) in [6.45, 7) is -0.240. The van der Waals surface area contributed by atoms with Crippen molar-refractivity contribution in [1.29, 1.82) is 0 Å². The molecule has 0 aliphatic carbocycles. The Balaban J connectivity index is 2.30. The van der Waals surface area contributed by atoms with E-state index in [9.17, 15) is 12.8 Å². The highest BCUT2D eigenvalue weighted by Gasteiger charge is 2.18. The van der Waals surface area contributed by atoms with Crippen molar-refractivity contribution >= 4 is 27.0 Å². The van der Waals surface area contributed by atoms with Gasteiger partial charge in [0, 0.05) is 6.20 Å². The standard InChI is InChI=1S/C10H9FN2O3S2/c11-8-4-12-2-1-9(8)13-18(15,16)10-3-7(5-14)6-17-10/h1-4,6,14H,5H2,(H,12,13). The molecule has 5 nitrogen and oxygen atoms in total. The van der Waals surface area contributed by atoms with E-state index in [-0.39, 0.29) is 16.5 Å². The van der Waals surface area contributed by atoms with Gasteiger partial charge in [-0.05, 0) is 23.1 Å². The quantitative estimate of drug-likeness (QED) is 0.895. The van der Waals surface area contributed by atoms with Gasteiger partial charge in [0.15, 0.2) is 5.82 Å². The first-order valence-corrected chi connectivity index (χ1v) is 7.20. The maximum absolute atomic E-state index is 13.3. The van der Waals surface area contributed by atoms with E-state index in [0.29, 0.717) is 5.56 Å². The van der Waals surface area contributed by atoms with Crippen molar-refractivity contribution in [3.63, 3.8) is 0 Å². The number of thiophene rings is 1. The first-order chi connectivity index (χ1) is 8.53. The van der Waals surface area contributed by atoms with Gasteiger partial charge in [-0.3, -0.25) is 9.71 Å². The van der Waals surface area contributed by atoms with Gasteiger partial charge < -0.3 is 5.11 Å². The Labute approximate surface area is 107 Å². The van der Waals surface area contributed by atoms with Gasteiger partial charge in [-0.25, -0.2) is 12.8 Å². The fourth-order valence-corrected chi connectivity index (χ4v) is 3.50. The number of aliphatic hydroxyl groups is 1. The van der Waals surface area contributed by atoms with Crippen LogP contribution in [0.3, 0.4) is 0 Å². The van der Waals surface area contributed by atoms with Crippen molar-refractivity contribution in [2.75, 3.05) is 4.72 Å². The Morgan fingerprint density at radius 2 is 2.28 bits per heavy atom. The fraction of sp³-hybridized carbons (Fsp3) is 0.100. The van der Waals surface area contributed by atoms with Gasteiger partial charge in [-0.2, -0.15) is 0 Å². The molecule has 0 spiro atoms. The van der Waals surface area contributed by atoms with E-state index in [1.165, 1.54) is 23.7 Å². The minimum absolute atomic E-state index is 0.0164. The summed E-state index contributed by atoms with van der Waals surface area (Å²) in [6.07, 6.45) is 2.21. The van der Waals surface area contributed by atoms with E-state index in [4.69, 9.17) is 5.11 Å². The van der Waals surface area contributed by atoms with Crippen LogP contribution in [0.25, 0.3) is 0 Å². The van der Waals surface area contributed by atoms with E-state index >= 15 is 0 Å². The average Bonchev–Trinajstić information content (AvgIpc) is 2.81. The molecule has 0 atom stereocenters. The Morgan fingerprint density at radius 3 is 2.89 bits per heavy atom. The second-order valence-electron chi connectivity index (χ2n) is 3.39. The summed E-state index contributed by atoms with van der Waals surface area (Å²) in [7, 11) is -3.84. The van der Waals surface area contributed by atoms with Crippen LogP contribution >= 0.6 is 11.3 Å². The number of sulfonamides is 1. The molecule has 96 valence electrons. The third-order valence-electron chi connectivity index (χ3n) is 2.09. The molecular weight excluding hydrogens is 279 g/mol. The molecule has 18 heavy (non-hydrogen) atoms. The van der Waals surface area contributed by atoms with Crippen LogP contribution in [0.1, 0.15) is 5.56 Å². The van der Waals surface area contributed by atoms with Gasteiger partial charge in [0.2, 0.25) is 0 Å². The van der Waals surface area contributed by atoms with E-state index < -0.39 is 15.8 Å². The van der Waals surface area contributed by atoms with E-state index in [2.05, 4.69) is 9.71 Å². The predicted molar refractivity (Wildman–Crippen MR) is 65.2 cm³/mol. The summed E-state index contributed by atoms with van der Waals surface area (Å²) in [6, 6.07) is 2.57. The van der Waals surface area contributed by atoms with Crippen LogP contribution in [-0.4, -0.2) is 18.5 Å². The van der Waals surface area contributed by atoms with Crippen molar-refractivity contribution in [3.05, 3.63) is 41.3 Å². The normalized spacial score (nSPS) is 11.4. The molecule has 2 aromatic heterocycles. The Bertz CT molecular complexity index is 655. The molecule has 0 aromatic carbocycles. The molecule has 0 amide bonds. The topological polar surface area (TPSA) is 79.3 Å². The third kappa shape index (κ3) is 2.66. The molecule has 0 saturated carbocycles. The Kier molecular flexibility index (Phi) is 3.60. The molecule has 2 heterocycles. The van der Waals surface area contributed by atoms with Crippen molar-refractivity contribution < 1.29 is 17.9 Å². The molecule has 0 bridgehead atoms. The summed E-state index contributed by atoms with van der Waals surface area (Å²) in [5, 5.41) is 10.4. The molecule has 0 saturated heterocycles. The molecule has 0 aliphatic heterocycles. The molecule has 0 aliphatic rings. The molecule has 0 radical (unpaired) electrons. The molecule has 2 rings (SSSR count). The number of nitrogens with zero attached hydrogens (tertiary/aromatic N) is 1. The highest BCUT2D eigenvalue weighted by Crippen LogP contribution is 2.23. The van der Waals surface area contributed by atoms with Gasteiger partial charge >= 0.3 is 0 Å². The molecule has 2 aromatic rings. The van der Waals surface area contributed by atoms with E-state index in [1.54, 1.807) is 0 Å². The number of halogens is 1. The fourth-order valence-electron chi connectivity index (χ4n) is 1.23. The average molecular weight is 288 g/mol. The zero-order valence-corrected chi connectivity index (χ0v) is 10.6. The van der Waals surface area contributed by atoms with Crippen LogP contribution in [0.2, 0.25) is 0 Å². The second kappa shape index (κ2) is 5.01. The van der Waals surface area contributed by atoms with Crippen LogP contribution in [0.15, 0.2) is 34.1 Å². The minimum atomic E-state index is -3.84. The van der Waals surface area contributed by atoms with Crippen molar-refractivity contribution in [2.24, 2.45) is 0 Å². The predicted octanol–water partition coefficient (Wildman–Crippen LogP) is 1.58. The number of aliphatic hydroxyl groups excluding tert-OH is 1. The van der Waals surface area contributed by atoms with Gasteiger partial charge in [0.05, 0.1) is 18.5 Å². The molecular formula is C10H9FN2O3S2. The SMILES string of the molecule is O=S(=O)(Nc1ccncc1F)c1cc(CO)cs1. The summed E-state index contributed by atoms with van der Waals surface area (Å²) in [5.41, 5.74) is 0.333. The highest BCUT2D eigenvalue weighted by atomic mass is 32.2. The van der Waals surface area contributed by atoms with Gasteiger partial charge in [0.1, 0.15) is 4.21 Å². The van der Waals surface area contributed by atoms with Crippen LogP contribution < -0.4 is 4.72 Å². The lowest BCUT2D eigenvalue weighted by molar-refractivity contribution is 0.282. The Morgan fingerprint density at radius 1 is 1.50 bits per heavy atom. The van der Waals surface area contributed by atoms with E-state index in [0.717, 1.165) is 17.5 Å². The van der Waals surface area contributed by atoms with Crippen LogP contribution in [0.4, 0.5) is 10.1 Å². The number of hydrogen-bond acceptors (Lipinski definition) is 5. The van der Waals surface area contributed by atoms with Crippen molar-refractivity contribution in [1.82, 2.24) is 4.98 Å². The highest BCUT2D eigenvalue weighted by molar-refractivity contribution is 7.94. The van der Waals surface area contributed by atoms with Gasteiger partial charge in [-0.15, -0.1) is 11.3 Å². The second-order valence-corrected chi connectivity index (χ2v) is 6.21. The number of aromatic nitrogens is 1. The summed E-state index contributed by atoms with van der Waals surface area (Å²) < 4.78 is 39.3. The zero-order chi connectivity index (χ0) is 13.2. The lowest BCUT2D eigenvalue weighted by Gasteiger charge is -2.06. The summed E-state index contributed by atoms with van der Waals surface area (Å²) in [4.78, 5) is 3.52.